The van der Waals surface area contributed by atoms with E-state index < -0.39 is 0 Å². The van der Waals surface area contributed by atoms with Gasteiger partial charge in [0.1, 0.15) is 12.4 Å². The average molecular weight is 446 g/mol. The SMILES string of the molecule is Cc1cn(-c2ccc(/C=C3\OCCN=C3NCCNc3ccc(F)cc3)c3cnoc23)cn1. The van der Waals surface area contributed by atoms with Gasteiger partial charge in [0.25, 0.3) is 0 Å². The Bertz CT molecular complexity index is 1320. The highest BCUT2D eigenvalue weighted by molar-refractivity contribution is 6.03. The third-order valence-electron chi connectivity index (χ3n) is 5.25. The van der Waals surface area contributed by atoms with Crippen LogP contribution in [0.1, 0.15) is 11.3 Å². The summed E-state index contributed by atoms with van der Waals surface area (Å²) in [6, 6.07) is 10.3. The lowest BCUT2D eigenvalue weighted by Gasteiger charge is -2.19. The molecule has 168 valence electrons. The topological polar surface area (TPSA) is 89.5 Å². The number of nitrogens with zero attached hydrogens (tertiary/aromatic N) is 4. The average Bonchev–Trinajstić information content (AvgIpc) is 3.49. The van der Waals surface area contributed by atoms with E-state index in [1.807, 2.05) is 35.9 Å². The van der Waals surface area contributed by atoms with E-state index in [0.717, 1.165) is 28.0 Å². The predicted molar refractivity (Wildman–Crippen MR) is 125 cm³/mol. The Morgan fingerprint density at radius 2 is 1.97 bits per heavy atom. The fourth-order valence-corrected chi connectivity index (χ4v) is 3.66. The summed E-state index contributed by atoms with van der Waals surface area (Å²) < 4.78 is 26.4. The Hall–Kier alpha value is -4.14. The van der Waals surface area contributed by atoms with Crippen LogP contribution in [0.5, 0.6) is 0 Å². The summed E-state index contributed by atoms with van der Waals surface area (Å²) >= 11 is 0. The smallest absolute Gasteiger partial charge is 0.191 e. The standard InChI is InChI=1S/C24H23FN6O2/c1-16-14-31(15-29-16)21-7-2-17(20-13-30-33-23(20)21)12-22-24(28-10-11-32-22)27-9-8-26-19-5-3-18(25)4-6-19/h2-7,12-15,26H,8-11H2,1H3,(H,27,28)/b22-12-. The molecule has 1 aliphatic rings. The molecule has 2 N–H and O–H groups in total. The van der Waals surface area contributed by atoms with Gasteiger partial charge in [0, 0.05) is 25.0 Å². The molecule has 0 atom stereocenters. The molecule has 2 aromatic heterocycles. The van der Waals surface area contributed by atoms with Gasteiger partial charge in [-0.05, 0) is 48.9 Å². The first-order valence-electron chi connectivity index (χ1n) is 10.7. The summed E-state index contributed by atoms with van der Waals surface area (Å²) in [4.78, 5) is 8.87. The van der Waals surface area contributed by atoms with Crippen LogP contribution in [0.25, 0.3) is 22.7 Å². The Labute approximate surface area is 189 Å². The van der Waals surface area contributed by atoms with Crippen LogP contribution in [0, 0.1) is 12.7 Å². The maximum atomic E-state index is 13.0. The molecular weight excluding hydrogens is 423 g/mol. The largest absolute Gasteiger partial charge is 0.488 e. The van der Waals surface area contributed by atoms with E-state index in [-0.39, 0.29) is 5.82 Å². The van der Waals surface area contributed by atoms with Crippen LogP contribution in [0.3, 0.4) is 0 Å². The molecule has 1 aliphatic heterocycles. The number of aryl methyl sites for hydroxylation is 1. The second-order valence-electron chi connectivity index (χ2n) is 7.61. The minimum absolute atomic E-state index is 0.253. The number of aromatic nitrogens is 3. The molecule has 2 aromatic carbocycles. The summed E-state index contributed by atoms with van der Waals surface area (Å²) in [6.07, 6.45) is 7.34. The number of nitrogens with one attached hydrogen (secondary N) is 2. The van der Waals surface area contributed by atoms with Crippen molar-refractivity contribution in [3.05, 3.63) is 78.0 Å². The fraction of sp³-hybridized carbons (Fsp3) is 0.208. The molecule has 0 unspecified atom stereocenters. The highest BCUT2D eigenvalue weighted by Gasteiger charge is 2.16. The zero-order chi connectivity index (χ0) is 22.6. The molecule has 0 radical (unpaired) electrons. The highest BCUT2D eigenvalue weighted by atomic mass is 19.1. The molecule has 33 heavy (non-hydrogen) atoms. The lowest BCUT2D eigenvalue weighted by molar-refractivity contribution is 0.232. The molecule has 3 heterocycles. The van der Waals surface area contributed by atoms with Gasteiger partial charge in [0.15, 0.2) is 17.2 Å². The van der Waals surface area contributed by atoms with Gasteiger partial charge in [-0.15, -0.1) is 0 Å². The number of halogens is 1. The lowest BCUT2D eigenvalue weighted by Crippen LogP contribution is -2.33. The molecule has 5 rings (SSSR count). The quantitative estimate of drug-likeness (QED) is 0.436. The number of anilines is 1. The van der Waals surface area contributed by atoms with Crippen LogP contribution < -0.4 is 10.6 Å². The molecule has 0 spiro atoms. The normalized spacial score (nSPS) is 14.8. The zero-order valence-electron chi connectivity index (χ0n) is 18.1. The third kappa shape index (κ3) is 4.57. The number of fused-ring (bicyclic) bond motifs is 1. The highest BCUT2D eigenvalue weighted by Crippen LogP contribution is 2.28. The van der Waals surface area contributed by atoms with Crippen molar-refractivity contribution in [1.29, 1.82) is 0 Å². The Kier molecular flexibility index (Phi) is 5.75. The summed E-state index contributed by atoms with van der Waals surface area (Å²) in [5, 5.41) is 11.5. The molecule has 4 aromatic rings. The predicted octanol–water partition coefficient (Wildman–Crippen LogP) is 3.93. The number of aliphatic imine (C=N–C) groups is 1. The number of rotatable bonds is 6. The van der Waals surface area contributed by atoms with Crippen molar-refractivity contribution < 1.29 is 13.7 Å². The summed E-state index contributed by atoms with van der Waals surface area (Å²) in [6.45, 7) is 4.32. The van der Waals surface area contributed by atoms with Gasteiger partial charge in [-0.2, -0.15) is 0 Å². The van der Waals surface area contributed by atoms with Gasteiger partial charge in [-0.25, -0.2) is 9.37 Å². The van der Waals surface area contributed by atoms with Crippen LogP contribution in [-0.2, 0) is 4.74 Å². The molecule has 0 saturated heterocycles. The first kappa shape index (κ1) is 20.7. The number of hydrogen-bond donors (Lipinski definition) is 2. The van der Waals surface area contributed by atoms with Crippen molar-refractivity contribution in [2.45, 2.75) is 6.92 Å². The molecule has 0 fully saturated rings. The number of imidazole rings is 1. The third-order valence-corrected chi connectivity index (χ3v) is 5.25. The number of ether oxygens (including phenoxy) is 1. The molecule has 9 heteroatoms. The Balaban J connectivity index is 1.32. The number of amidine groups is 1. The summed E-state index contributed by atoms with van der Waals surface area (Å²) in [7, 11) is 0. The zero-order valence-corrected chi connectivity index (χ0v) is 18.1. The molecule has 0 bridgehead atoms. The van der Waals surface area contributed by atoms with Gasteiger partial charge in [-0.3, -0.25) is 4.99 Å². The van der Waals surface area contributed by atoms with Gasteiger partial charge >= 0.3 is 0 Å². The van der Waals surface area contributed by atoms with E-state index in [0.29, 0.717) is 43.4 Å². The first-order chi connectivity index (χ1) is 16.2. The van der Waals surface area contributed by atoms with Crippen LogP contribution >= 0.6 is 0 Å². The Morgan fingerprint density at radius 1 is 1.12 bits per heavy atom. The number of benzene rings is 2. The van der Waals surface area contributed by atoms with E-state index in [1.54, 1.807) is 24.7 Å². The van der Waals surface area contributed by atoms with E-state index in [9.17, 15) is 4.39 Å². The second kappa shape index (κ2) is 9.15. The molecular formula is C24H23FN6O2. The van der Waals surface area contributed by atoms with Gasteiger partial charge in [0.2, 0.25) is 0 Å². The van der Waals surface area contributed by atoms with Crippen molar-refractivity contribution in [2.24, 2.45) is 4.99 Å². The van der Waals surface area contributed by atoms with E-state index >= 15 is 0 Å². The van der Waals surface area contributed by atoms with Crippen LogP contribution in [0.4, 0.5) is 10.1 Å². The maximum absolute atomic E-state index is 13.0. The minimum Gasteiger partial charge on any atom is -0.488 e. The fourth-order valence-electron chi connectivity index (χ4n) is 3.66. The van der Waals surface area contributed by atoms with Gasteiger partial charge < -0.3 is 24.5 Å². The van der Waals surface area contributed by atoms with Crippen molar-refractivity contribution >= 4 is 28.6 Å². The lowest BCUT2D eigenvalue weighted by atomic mass is 10.1. The van der Waals surface area contributed by atoms with Crippen LogP contribution in [-0.4, -0.2) is 46.8 Å². The van der Waals surface area contributed by atoms with Gasteiger partial charge in [0.05, 0.1) is 35.8 Å². The maximum Gasteiger partial charge on any atom is 0.191 e. The first-order valence-corrected chi connectivity index (χ1v) is 10.7. The van der Waals surface area contributed by atoms with Crippen LogP contribution in [0.2, 0.25) is 0 Å². The minimum atomic E-state index is -0.253. The molecule has 0 amide bonds. The summed E-state index contributed by atoms with van der Waals surface area (Å²) in [5.41, 5.74) is 4.24. The van der Waals surface area contributed by atoms with Crippen molar-refractivity contribution in [2.75, 3.05) is 31.6 Å². The van der Waals surface area contributed by atoms with E-state index in [4.69, 9.17) is 9.26 Å². The second-order valence-corrected chi connectivity index (χ2v) is 7.61. The Morgan fingerprint density at radius 3 is 2.79 bits per heavy atom. The monoisotopic (exact) mass is 446 g/mol. The van der Waals surface area contributed by atoms with Crippen molar-refractivity contribution in [3.8, 4) is 5.69 Å². The van der Waals surface area contributed by atoms with Gasteiger partial charge in [-0.1, -0.05) is 11.2 Å². The van der Waals surface area contributed by atoms with E-state index in [2.05, 4.69) is 25.8 Å². The van der Waals surface area contributed by atoms with Crippen molar-refractivity contribution in [3.63, 3.8) is 0 Å². The van der Waals surface area contributed by atoms with Crippen LogP contribution in [0.15, 0.2) is 70.4 Å². The molecule has 0 aliphatic carbocycles. The van der Waals surface area contributed by atoms with Crippen molar-refractivity contribution in [1.82, 2.24) is 20.0 Å². The summed E-state index contributed by atoms with van der Waals surface area (Å²) in [5.74, 6) is 1.11. The molecule has 8 nitrogen and oxygen atoms in total. The van der Waals surface area contributed by atoms with E-state index in [1.165, 1.54) is 12.1 Å². The molecule has 0 saturated carbocycles. The number of hydrogen-bond acceptors (Lipinski definition) is 7.